The quantitative estimate of drug-likeness (QED) is 0.579. The average Bonchev–Trinajstić information content (AvgIpc) is 2.70. The molecule has 0 fully saturated rings. The van der Waals surface area contributed by atoms with Gasteiger partial charge in [0.05, 0.1) is 26.7 Å². The van der Waals surface area contributed by atoms with E-state index in [1.54, 1.807) is 0 Å². The monoisotopic (exact) mass is 230 g/mol. The molecule has 0 aliphatic heterocycles. The van der Waals surface area contributed by atoms with Crippen molar-refractivity contribution in [2.75, 3.05) is 0 Å². The first-order valence-electron chi connectivity index (χ1n) is 3.37. The number of aromatic nitrogens is 1. The number of thiophene rings is 1. The van der Waals surface area contributed by atoms with E-state index in [2.05, 4.69) is 4.37 Å². The van der Waals surface area contributed by atoms with Gasteiger partial charge in [-0.05, 0) is 0 Å². The van der Waals surface area contributed by atoms with E-state index in [-0.39, 0.29) is 11.6 Å². The number of rotatable bonds is 2. The van der Waals surface area contributed by atoms with E-state index in [1.807, 2.05) is 0 Å². The Bertz CT molecular complexity index is 526. The van der Waals surface area contributed by atoms with Gasteiger partial charge < -0.3 is 4.42 Å². The van der Waals surface area contributed by atoms with Gasteiger partial charge in [0.15, 0.2) is 0 Å². The molecule has 2 rings (SSSR count). The van der Waals surface area contributed by atoms with Gasteiger partial charge in [-0.15, -0.1) is 15.7 Å². The standard InChI is InChI=1S/C6H2N2O4S2/c9-6-12-5(7-14-6)4-1-3(2-13-4)8(10)11/h1-2H. The van der Waals surface area contributed by atoms with Gasteiger partial charge >= 0.3 is 4.94 Å². The molecule has 0 aromatic carbocycles. The lowest BCUT2D eigenvalue weighted by Crippen LogP contribution is -1.83. The molecule has 2 aromatic heterocycles. The first-order valence-corrected chi connectivity index (χ1v) is 5.02. The Labute approximate surface area is 84.7 Å². The number of hydrogen-bond donors (Lipinski definition) is 0. The van der Waals surface area contributed by atoms with Crippen LogP contribution in [0.2, 0.25) is 0 Å². The maximum atomic E-state index is 10.7. The summed E-state index contributed by atoms with van der Waals surface area (Å²) in [7, 11) is 0. The number of nitro groups is 1. The molecule has 0 radical (unpaired) electrons. The van der Waals surface area contributed by atoms with Gasteiger partial charge in [-0.2, -0.15) is 0 Å². The predicted octanol–water partition coefficient (Wildman–Crippen LogP) is 1.73. The lowest BCUT2D eigenvalue weighted by Gasteiger charge is -1.82. The molecule has 0 saturated heterocycles. The molecular formula is C6H2N2O4S2. The van der Waals surface area contributed by atoms with Crippen molar-refractivity contribution in [3.63, 3.8) is 0 Å². The van der Waals surface area contributed by atoms with Crippen LogP contribution >= 0.6 is 22.9 Å². The summed E-state index contributed by atoms with van der Waals surface area (Å²) >= 11 is 1.80. The highest BCUT2D eigenvalue weighted by Gasteiger charge is 2.14. The van der Waals surface area contributed by atoms with Crippen LogP contribution in [0.3, 0.4) is 0 Å². The lowest BCUT2D eigenvalue weighted by atomic mass is 10.4. The smallest absolute Gasteiger partial charge is 0.393 e. The fraction of sp³-hybridized carbons (Fsp3) is 0. The zero-order chi connectivity index (χ0) is 10.1. The fourth-order valence-corrected chi connectivity index (χ4v) is 2.07. The molecule has 0 N–H and O–H groups in total. The van der Waals surface area contributed by atoms with Crippen molar-refractivity contribution in [3.05, 3.63) is 31.3 Å². The topological polar surface area (TPSA) is 86.2 Å². The van der Waals surface area contributed by atoms with Crippen molar-refractivity contribution < 1.29 is 9.34 Å². The predicted molar refractivity (Wildman–Crippen MR) is 50.6 cm³/mol. The van der Waals surface area contributed by atoms with Gasteiger partial charge in [0, 0.05) is 6.07 Å². The molecule has 14 heavy (non-hydrogen) atoms. The molecule has 6 nitrogen and oxygen atoms in total. The van der Waals surface area contributed by atoms with E-state index in [9.17, 15) is 14.9 Å². The van der Waals surface area contributed by atoms with Crippen molar-refractivity contribution in [2.24, 2.45) is 0 Å². The van der Waals surface area contributed by atoms with Gasteiger partial charge in [0.25, 0.3) is 11.6 Å². The summed E-state index contributed by atoms with van der Waals surface area (Å²) in [5.41, 5.74) is -0.0272. The molecule has 8 heteroatoms. The van der Waals surface area contributed by atoms with E-state index in [4.69, 9.17) is 4.42 Å². The highest BCUT2D eigenvalue weighted by molar-refractivity contribution is 7.14. The van der Waals surface area contributed by atoms with Crippen LogP contribution in [-0.2, 0) is 0 Å². The molecule has 0 spiro atoms. The molecular weight excluding hydrogens is 228 g/mol. The van der Waals surface area contributed by atoms with Crippen LogP contribution in [0, 0.1) is 10.1 Å². The Balaban J connectivity index is 2.43. The van der Waals surface area contributed by atoms with Crippen molar-refractivity contribution in [3.8, 4) is 10.8 Å². The third-order valence-corrected chi connectivity index (χ3v) is 2.79. The van der Waals surface area contributed by atoms with E-state index in [0.717, 1.165) is 11.3 Å². The third kappa shape index (κ3) is 1.56. The van der Waals surface area contributed by atoms with Gasteiger partial charge in [-0.3, -0.25) is 10.1 Å². The zero-order valence-corrected chi connectivity index (χ0v) is 8.13. The average molecular weight is 230 g/mol. The van der Waals surface area contributed by atoms with Crippen molar-refractivity contribution in [1.29, 1.82) is 0 Å². The molecule has 72 valence electrons. The van der Waals surface area contributed by atoms with Crippen molar-refractivity contribution >= 4 is 28.6 Å². The summed E-state index contributed by atoms with van der Waals surface area (Å²) in [6, 6.07) is 1.32. The largest absolute Gasteiger partial charge is 0.414 e. The maximum Gasteiger partial charge on any atom is 0.414 e. The minimum atomic E-state index is -0.518. The summed E-state index contributed by atoms with van der Waals surface area (Å²) in [5.74, 6) is 0.137. The van der Waals surface area contributed by atoms with Crippen LogP contribution in [0.25, 0.3) is 10.8 Å². The molecule has 0 saturated carbocycles. The van der Waals surface area contributed by atoms with E-state index >= 15 is 0 Å². The molecule has 2 heterocycles. The third-order valence-electron chi connectivity index (χ3n) is 1.39. The van der Waals surface area contributed by atoms with Crippen LogP contribution in [-0.4, -0.2) is 9.30 Å². The Morgan fingerprint density at radius 1 is 1.57 bits per heavy atom. The van der Waals surface area contributed by atoms with Gasteiger partial charge in [0.1, 0.15) is 0 Å². The second kappa shape index (κ2) is 3.31. The Morgan fingerprint density at radius 3 is 2.86 bits per heavy atom. The van der Waals surface area contributed by atoms with E-state index in [1.165, 1.54) is 11.4 Å². The Hall–Kier alpha value is -1.54. The summed E-state index contributed by atoms with van der Waals surface area (Å²) in [6.07, 6.45) is 0. The minimum absolute atomic E-state index is 0.0272. The highest BCUT2D eigenvalue weighted by Crippen LogP contribution is 2.29. The molecule has 2 aromatic rings. The summed E-state index contributed by atoms with van der Waals surface area (Å²) in [4.78, 5) is 20.5. The summed E-state index contributed by atoms with van der Waals surface area (Å²) in [6.45, 7) is 0. The molecule has 0 atom stereocenters. The first-order chi connectivity index (χ1) is 6.66. The summed E-state index contributed by atoms with van der Waals surface area (Å²) < 4.78 is 8.41. The number of hydrogen-bond acceptors (Lipinski definition) is 7. The van der Waals surface area contributed by atoms with Crippen molar-refractivity contribution in [1.82, 2.24) is 4.37 Å². The van der Waals surface area contributed by atoms with Crippen LogP contribution in [0.4, 0.5) is 5.69 Å². The maximum absolute atomic E-state index is 10.7. The van der Waals surface area contributed by atoms with Gasteiger partial charge in [-0.25, -0.2) is 4.79 Å². The van der Waals surface area contributed by atoms with Crippen molar-refractivity contribution in [2.45, 2.75) is 0 Å². The van der Waals surface area contributed by atoms with Crippen LogP contribution in [0.15, 0.2) is 20.7 Å². The van der Waals surface area contributed by atoms with E-state index < -0.39 is 9.86 Å². The first kappa shape index (κ1) is 9.03. The van der Waals surface area contributed by atoms with Crippen LogP contribution in [0.5, 0.6) is 0 Å². The molecule has 0 aliphatic rings. The molecule has 0 bridgehead atoms. The van der Waals surface area contributed by atoms with Crippen LogP contribution in [0.1, 0.15) is 0 Å². The minimum Gasteiger partial charge on any atom is -0.393 e. The molecule has 0 amide bonds. The SMILES string of the molecule is O=c1oc(-c2cc([N+](=O)[O-])cs2)ns1. The number of nitrogens with zero attached hydrogens (tertiary/aromatic N) is 2. The van der Waals surface area contributed by atoms with Gasteiger partial charge in [0.2, 0.25) is 0 Å². The lowest BCUT2D eigenvalue weighted by molar-refractivity contribution is -0.384. The second-order valence-corrected chi connectivity index (χ2v) is 3.88. The normalized spacial score (nSPS) is 10.3. The van der Waals surface area contributed by atoms with Crippen LogP contribution < -0.4 is 4.94 Å². The second-order valence-electron chi connectivity index (χ2n) is 2.27. The van der Waals surface area contributed by atoms with E-state index in [0.29, 0.717) is 16.4 Å². The summed E-state index contributed by atoms with van der Waals surface area (Å²) in [5, 5.41) is 11.7. The highest BCUT2D eigenvalue weighted by atomic mass is 32.1. The Kier molecular flexibility index (Phi) is 2.14. The Morgan fingerprint density at radius 2 is 2.36 bits per heavy atom. The fourth-order valence-electron chi connectivity index (χ4n) is 0.824. The molecule has 0 aliphatic carbocycles. The van der Waals surface area contributed by atoms with Gasteiger partial charge in [-0.1, -0.05) is 0 Å². The molecule has 0 unspecified atom stereocenters. The zero-order valence-electron chi connectivity index (χ0n) is 6.50.